The molecule has 0 radical (unpaired) electrons. The Labute approximate surface area is 195 Å². The number of aryl methyl sites for hydroxylation is 1. The number of nitrogens with zero attached hydrogens (tertiary/aromatic N) is 1. The molecule has 0 heterocycles. The van der Waals surface area contributed by atoms with Crippen molar-refractivity contribution < 1.29 is 33.7 Å². The minimum Gasteiger partial charge on any atom is -0.464 e. The van der Waals surface area contributed by atoms with E-state index >= 15 is 0 Å². The normalized spacial score (nSPS) is 13.7. The van der Waals surface area contributed by atoms with Crippen LogP contribution >= 0.6 is 0 Å². The van der Waals surface area contributed by atoms with Crippen molar-refractivity contribution in [3.63, 3.8) is 0 Å². The molecule has 0 saturated carbocycles. The monoisotopic (exact) mass is 464 g/mol. The molecule has 2 N–H and O–H groups in total. The maximum absolute atomic E-state index is 12.9. The summed E-state index contributed by atoms with van der Waals surface area (Å²) >= 11 is 0. The maximum Gasteiger partial charge on any atom is 0.430 e. The van der Waals surface area contributed by atoms with Gasteiger partial charge in [-0.15, -0.1) is 0 Å². The van der Waals surface area contributed by atoms with E-state index in [0.29, 0.717) is 5.01 Å². The largest absolute Gasteiger partial charge is 0.464 e. The predicted molar refractivity (Wildman–Crippen MR) is 124 cm³/mol. The summed E-state index contributed by atoms with van der Waals surface area (Å²) in [6.07, 6.45) is -0.670. The van der Waals surface area contributed by atoms with Crippen molar-refractivity contribution in [1.29, 1.82) is 0 Å². The van der Waals surface area contributed by atoms with Gasteiger partial charge in [-0.25, -0.2) is 19.8 Å². The Morgan fingerprint density at radius 3 is 2.06 bits per heavy atom. The number of hydrazine groups is 1. The number of aliphatic hydroxyl groups excluding tert-OH is 1. The molecule has 0 aliphatic rings. The van der Waals surface area contributed by atoms with Crippen LogP contribution in [-0.2, 0) is 19.0 Å². The molecule has 0 aromatic heterocycles. The molecular weight excluding hydrogens is 428 g/mol. The maximum atomic E-state index is 12.9. The number of esters is 1. The number of aliphatic hydroxyl groups is 1. The molecule has 1 aromatic rings. The van der Waals surface area contributed by atoms with E-state index in [0.717, 1.165) is 11.1 Å². The van der Waals surface area contributed by atoms with Crippen molar-refractivity contribution in [2.75, 3.05) is 6.61 Å². The van der Waals surface area contributed by atoms with Crippen LogP contribution in [0, 0.1) is 6.92 Å². The zero-order valence-corrected chi connectivity index (χ0v) is 20.7. The first-order valence-electron chi connectivity index (χ1n) is 10.7. The van der Waals surface area contributed by atoms with E-state index in [2.05, 4.69) is 5.43 Å². The van der Waals surface area contributed by atoms with E-state index in [4.69, 9.17) is 14.2 Å². The molecule has 0 fully saturated rings. The number of nitrogens with one attached hydrogen (secondary N) is 1. The Kier molecular flexibility index (Phi) is 9.91. The number of hydrogen-bond acceptors (Lipinski definition) is 7. The van der Waals surface area contributed by atoms with Gasteiger partial charge in [-0.05, 0) is 61.0 Å². The van der Waals surface area contributed by atoms with Gasteiger partial charge in [-0.1, -0.05) is 42.0 Å². The van der Waals surface area contributed by atoms with Crippen molar-refractivity contribution in [3.05, 3.63) is 41.5 Å². The first-order valence-corrected chi connectivity index (χ1v) is 10.7. The third kappa shape index (κ3) is 10.4. The van der Waals surface area contributed by atoms with Crippen molar-refractivity contribution in [1.82, 2.24) is 10.4 Å². The zero-order valence-electron chi connectivity index (χ0n) is 20.7. The van der Waals surface area contributed by atoms with Gasteiger partial charge in [-0.2, -0.15) is 5.01 Å². The lowest BCUT2D eigenvalue weighted by Gasteiger charge is -2.34. The Hall–Kier alpha value is -3.07. The minimum absolute atomic E-state index is 0.00166. The Morgan fingerprint density at radius 1 is 1.03 bits per heavy atom. The quantitative estimate of drug-likeness (QED) is 0.372. The number of hydrogen-bond donors (Lipinski definition) is 2. The fourth-order valence-corrected chi connectivity index (χ4v) is 2.56. The second kappa shape index (κ2) is 11.7. The van der Waals surface area contributed by atoms with E-state index in [9.17, 15) is 19.5 Å². The van der Waals surface area contributed by atoms with Crippen LogP contribution in [0.5, 0.6) is 0 Å². The van der Waals surface area contributed by atoms with E-state index in [1.807, 2.05) is 31.2 Å². The molecule has 9 heteroatoms. The second-order valence-electron chi connectivity index (χ2n) is 9.42. The summed E-state index contributed by atoms with van der Waals surface area (Å²) in [6, 6.07) is 5.83. The molecule has 1 aromatic carbocycles. The van der Waals surface area contributed by atoms with Gasteiger partial charge in [-0.3, -0.25) is 0 Å². The third-order valence-electron chi connectivity index (χ3n) is 3.89. The fourth-order valence-electron chi connectivity index (χ4n) is 2.56. The first kappa shape index (κ1) is 28.0. The topological polar surface area (TPSA) is 114 Å². The number of amides is 2. The molecular formula is C24H36N2O7. The lowest BCUT2D eigenvalue weighted by molar-refractivity contribution is -0.154. The highest BCUT2D eigenvalue weighted by molar-refractivity contribution is 5.84. The Morgan fingerprint density at radius 2 is 1.58 bits per heavy atom. The van der Waals surface area contributed by atoms with Crippen LogP contribution < -0.4 is 5.43 Å². The fraction of sp³-hybridized carbons (Fsp3) is 0.542. The number of benzene rings is 1. The van der Waals surface area contributed by atoms with Crippen LogP contribution in [0.3, 0.4) is 0 Å². The van der Waals surface area contributed by atoms with Gasteiger partial charge in [0.2, 0.25) is 0 Å². The molecule has 33 heavy (non-hydrogen) atoms. The van der Waals surface area contributed by atoms with Crippen LogP contribution in [0.4, 0.5) is 9.59 Å². The van der Waals surface area contributed by atoms with Gasteiger partial charge < -0.3 is 19.3 Å². The van der Waals surface area contributed by atoms with E-state index < -0.39 is 41.5 Å². The number of ether oxygens (including phenoxy) is 3. The van der Waals surface area contributed by atoms with Gasteiger partial charge in [0.25, 0.3) is 0 Å². The average molecular weight is 465 g/mol. The van der Waals surface area contributed by atoms with Crippen molar-refractivity contribution in [2.45, 2.75) is 78.7 Å². The average Bonchev–Trinajstić information content (AvgIpc) is 2.64. The second-order valence-corrected chi connectivity index (χ2v) is 9.42. The van der Waals surface area contributed by atoms with Gasteiger partial charge in [0.05, 0.1) is 6.61 Å². The molecule has 2 atom stereocenters. The summed E-state index contributed by atoms with van der Waals surface area (Å²) in [5.74, 6) is -0.930. The lowest BCUT2D eigenvalue weighted by atomic mass is 10.1. The standard InChI is InChI=1S/C24H36N2O7/c1-9-31-20(28)19(18(27)15-14-17-12-10-16(2)11-13-17)26(22(30)33-24(6,7)8)25-21(29)32-23(3,4)5/h10-15,18-19,27H,9H2,1-8H3,(H,25,29)/b15-14+/t18-,19?/m1/s1. The van der Waals surface area contributed by atoms with Gasteiger partial charge in [0, 0.05) is 0 Å². The Balaban J connectivity index is 3.32. The molecule has 1 unspecified atom stereocenters. The number of carbonyl (C=O) groups is 3. The zero-order chi connectivity index (χ0) is 25.4. The van der Waals surface area contributed by atoms with Crippen LogP contribution in [0.25, 0.3) is 6.08 Å². The molecule has 1 rings (SSSR count). The Bertz CT molecular complexity index is 836. The highest BCUT2D eigenvalue weighted by atomic mass is 16.6. The molecule has 0 saturated heterocycles. The molecule has 9 nitrogen and oxygen atoms in total. The summed E-state index contributed by atoms with van der Waals surface area (Å²) in [4.78, 5) is 38.1. The summed E-state index contributed by atoms with van der Waals surface area (Å²) in [6.45, 7) is 13.4. The lowest BCUT2D eigenvalue weighted by Crippen LogP contribution is -2.60. The number of rotatable bonds is 6. The van der Waals surface area contributed by atoms with Crippen molar-refractivity contribution >= 4 is 24.2 Å². The van der Waals surface area contributed by atoms with E-state index in [1.54, 1.807) is 54.5 Å². The molecule has 2 amide bonds. The summed E-state index contributed by atoms with van der Waals surface area (Å²) < 4.78 is 15.6. The van der Waals surface area contributed by atoms with Gasteiger partial charge in [0.1, 0.15) is 17.3 Å². The van der Waals surface area contributed by atoms with Crippen LogP contribution in [-0.4, -0.2) is 58.2 Å². The summed E-state index contributed by atoms with van der Waals surface area (Å²) in [5.41, 5.74) is 2.25. The van der Waals surface area contributed by atoms with Crippen molar-refractivity contribution in [3.8, 4) is 0 Å². The highest BCUT2D eigenvalue weighted by Gasteiger charge is 2.40. The van der Waals surface area contributed by atoms with E-state index in [-0.39, 0.29) is 6.61 Å². The minimum atomic E-state index is -1.63. The van der Waals surface area contributed by atoms with Crippen LogP contribution in [0.2, 0.25) is 0 Å². The summed E-state index contributed by atoms with van der Waals surface area (Å²) in [7, 11) is 0. The number of carbonyl (C=O) groups excluding carboxylic acids is 3. The smallest absolute Gasteiger partial charge is 0.430 e. The molecule has 184 valence electrons. The van der Waals surface area contributed by atoms with Crippen LogP contribution in [0.15, 0.2) is 30.3 Å². The van der Waals surface area contributed by atoms with Gasteiger partial charge in [0.15, 0.2) is 6.04 Å². The molecule has 0 aliphatic heterocycles. The molecule has 0 aliphatic carbocycles. The first-order chi connectivity index (χ1) is 15.1. The van der Waals surface area contributed by atoms with Crippen LogP contribution in [0.1, 0.15) is 59.6 Å². The van der Waals surface area contributed by atoms with E-state index in [1.165, 1.54) is 6.08 Å². The molecule has 0 bridgehead atoms. The summed E-state index contributed by atoms with van der Waals surface area (Å²) in [5, 5.41) is 11.5. The SMILES string of the molecule is CCOC(=O)C([C@H](O)/C=C/c1ccc(C)cc1)N(NC(=O)OC(C)(C)C)C(=O)OC(C)(C)C. The molecule has 0 spiro atoms. The predicted octanol–water partition coefficient (Wildman–Crippen LogP) is 3.98. The third-order valence-corrected chi connectivity index (χ3v) is 3.89. The van der Waals surface area contributed by atoms with Crippen molar-refractivity contribution in [2.24, 2.45) is 0 Å². The van der Waals surface area contributed by atoms with Gasteiger partial charge >= 0.3 is 18.2 Å². The highest BCUT2D eigenvalue weighted by Crippen LogP contribution is 2.16.